The Morgan fingerprint density at radius 3 is 2.72 bits per heavy atom. The summed E-state index contributed by atoms with van der Waals surface area (Å²) in [6, 6.07) is 4.54. The highest BCUT2D eigenvalue weighted by Crippen LogP contribution is 2.29. The highest BCUT2D eigenvalue weighted by molar-refractivity contribution is 5.80. The van der Waals surface area contributed by atoms with Crippen LogP contribution in [0, 0.1) is 0 Å². The quantitative estimate of drug-likeness (QED) is 0.780. The molecule has 2 atom stereocenters. The Balaban J connectivity index is 2.03. The minimum absolute atomic E-state index is 0.0770. The van der Waals surface area contributed by atoms with Crippen molar-refractivity contribution in [1.29, 1.82) is 0 Å². The van der Waals surface area contributed by atoms with E-state index in [9.17, 15) is 14.7 Å². The van der Waals surface area contributed by atoms with E-state index in [4.69, 9.17) is 9.47 Å². The van der Waals surface area contributed by atoms with Gasteiger partial charge in [-0.2, -0.15) is 0 Å². The first-order chi connectivity index (χ1) is 12.0. The molecular weight excluding hydrogens is 324 g/mol. The van der Waals surface area contributed by atoms with Crippen LogP contribution < -0.4 is 14.8 Å². The summed E-state index contributed by atoms with van der Waals surface area (Å²) < 4.78 is 10.6. The number of nitrogens with zero attached hydrogens (tertiary/aromatic N) is 1. The second-order valence-corrected chi connectivity index (χ2v) is 6.22. The summed E-state index contributed by atoms with van der Waals surface area (Å²) in [6.07, 6.45) is 2.38. The first-order valence-electron chi connectivity index (χ1n) is 8.44. The number of likely N-dealkylation sites (tertiary alicyclic amines) is 1. The smallest absolute Gasteiger partial charge is 0.320 e. The number of amides is 1. The fourth-order valence-electron chi connectivity index (χ4n) is 3.19. The third-order valence-corrected chi connectivity index (χ3v) is 4.53. The van der Waals surface area contributed by atoms with Gasteiger partial charge in [-0.15, -0.1) is 0 Å². The van der Waals surface area contributed by atoms with E-state index in [0.29, 0.717) is 24.5 Å². The summed E-state index contributed by atoms with van der Waals surface area (Å²) in [7, 11) is 3.16. The van der Waals surface area contributed by atoms with Gasteiger partial charge in [-0.3, -0.25) is 14.5 Å². The number of methoxy groups -OCH3 is 2. The number of aliphatic carboxylic acids is 1. The lowest BCUT2D eigenvalue weighted by molar-refractivity contribution is -0.145. The average molecular weight is 350 g/mol. The maximum absolute atomic E-state index is 12.4. The second kappa shape index (κ2) is 8.71. The molecule has 1 heterocycles. The van der Waals surface area contributed by atoms with Crippen LogP contribution in [0.1, 0.15) is 37.8 Å². The van der Waals surface area contributed by atoms with Crippen molar-refractivity contribution in [3.63, 3.8) is 0 Å². The molecule has 0 bridgehead atoms. The third-order valence-electron chi connectivity index (χ3n) is 4.53. The van der Waals surface area contributed by atoms with Crippen molar-refractivity contribution < 1.29 is 24.2 Å². The van der Waals surface area contributed by atoms with E-state index in [-0.39, 0.29) is 18.5 Å². The Bertz CT molecular complexity index is 619. The lowest BCUT2D eigenvalue weighted by Crippen LogP contribution is -2.49. The van der Waals surface area contributed by atoms with E-state index in [1.165, 1.54) is 0 Å². The summed E-state index contributed by atoms with van der Waals surface area (Å²) >= 11 is 0. The van der Waals surface area contributed by atoms with Gasteiger partial charge in [-0.25, -0.2) is 0 Å². The van der Waals surface area contributed by atoms with Crippen LogP contribution in [0.4, 0.5) is 0 Å². The summed E-state index contributed by atoms with van der Waals surface area (Å²) in [6.45, 7) is 2.56. The molecule has 0 aliphatic carbocycles. The molecule has 25 heavy (non-hydrogen) atoms. The standard InChI is InChI=1S/C18H26N2O5/c1-12(14-10-13(24-2)7-8-16(14)25-3)19-17(21)11-20-9-5-4-6-15(20)18(22)23/h7-8,10,12,15H,4-6,9,11H2,1-3H3,(H,19,21)(H,22,23). The van der Waals surface area contributed by atoms with E-state index in [1.54, 1.807) is 31.3 Å². The van der Waals surface area contributed by atoms with Gasteiger partial charge in [-0.1, -0.05) is 6.42 Å². The van der Waals surface area contributed by atoms with E-state index in [1.807, 2.05) is 13.0 Å². The summed E-state index contributed by atoms with van der Waals surface area (Å²) in [4.78, 5) is 25.5. The van der Waals surface area contributed by atoms with Crippen LogP contribution in [0.5, 0.6) is 11.5 Å². The van der Waals surface area contributed by atoms with Crippen molar-refractivity contribution in [1.82, 2.24) is 10.2 Å². The number of nitrogens with one attached hydrogen (secondary N) is 1. The van der Waals surface area contributed by atoms with Gasteiger partial charge in [0, 0.05) is 5.56 Å². The maximum atomic E-state index is 12.4. The number of hydrogen-bond acceptors (Lipinski definition) is 5. The number of carbonyl (C=O) groups is 2. The van der Waals surface area contributed by atoms with Crippen LogP contribution in [-0.2, 0) is 9.59 Å². The Labute approximate surface area is 147 Å². The van der Waals surface area contributed by atoms with Crippen LogP contribution in [0.3, 0.4) is 0 Å². The monoisotopic (exact) mass is 350 g/mol. The molecule has 0 radical (unpaired) electrons. The molecular formula is C18H26N2O5. The minimum atomic E-state index is -0.866. The lowest BCUT2D eigenvalue weighted by atomic mass is 10.0. The number of piperidine rings is 1. The van der Waals surface area contributed by atoms with Gasteiger partial charge in [0.2, 0.25) is 5.91 Å². The van der Waals surface area contributed by atoms with Crippen molar-refractivity contribution in [3.8, 4) is 11.5 Å². The minimum Gasteiger partial charge on any atom is -0.497 e. The normalized spacial score (nSPS) is 19.1. The molecule has 1 fully saturated rings. The number of rotatable bonds is 7. The SMILES string of the molecule is COc1ccc(OC)c(C(C)NC(=O)CN2CCCCC2C(=O)O)c1. The van der Waals surface area contributed by atoms with Crippen LogP contribution in [0.25, 0.3) is 0 Å². The summed E-state index contributed by atoms with van der Waals surface area (Å²) in [5, 5.41) is 12.2. The Morgan fingerprint density at radius 1 is 1.32 bits per heavy atom. The first-order valence-corrected chi connectivity index (χ1v) is 8.44. The molecule has 1 aliphatic heterocycles. The number of hydrogen-bond donors (Lipinski definition) is 2. The van der Waals surface area contributed by atoms with Crippen LogP contribution in [-0.4, -0.2) is 55.2 Å². The molecule has 138 valence electrons. The van der Waals surface area contributed by atoms with Crippen molar-refractivity contribution >= 4 is 11.9 Å². The van der Waals surface area contributed by atoms with E-state index in [0.717, 1.165) is 18.4 Å². The van der Waals surface area contributed by atoms with E-state index >= 15 is 0 Å². The number of carboxylic acids is 1. The van der Waals surface area contributed by atoms with E-state index in [2.05, 4.69) is 5.32 Å². The molecule has 0 spiro atoms. The molecule has 2 N–H and O–H groups in total. The Hall–Kier alpha value is -2.28. The van der Waals surface area contributed by atoms with Gasteiger partial charge in [0.25, 0.3) is 0 Å². The highest BCUT2D eigenvalue weighted by Gasteiger charge is 2.30. The average Bonchev–Trinajstić information content (AvgIpc) is 2.61. The molecule has 0 aromatic heterocycles. The zero-order chi connectivity index (χ0) is 18.4. The van der Waals surface area contributed by atoms with Crippen molar-refractivity contribution in [2.45, 2.75) is 38.3 Å². The zero-order valence-corrected chi connectivity index (χ0v) is 14.9. The molecule has 1 aromatic carbocycles. The van der Waals surface area contributed by atoms with Crippen LogP contribution in [0.2, 0.25) is 0 Å². The van der Waals surface area contributed by atoms with Crippen LogP contribution >= 0.6 is 0 Å². The Kier molecular flexibility index (Phi) is 6.64. The van der Waals surface area contributed by atoms with Crippen molar-refractivity contribution in [3.05, 3.63) is 23.8 Å². The van der Waals surface area contributed by atoms with Crippen LogP contribution in [0.15, 0.2) is 18.2 Å². The van der Waals surface area contributed by atoms with E-state index < -0.39 is 12.0 Å². The van der Waals surface area contributed by atoms with Gasteiger partial charge in [0.15, 0.2) is 0 Å². The molecule has 1 amide bonds. The molecule has 1 aromatic rings. The molecule has 1 aliphatic rings. The fourth-order valence-corrected chi connectivity index (χ4v) is 3.19. The topological polar surface area (TPSA) is 88.1 Å². The predicted molar refractivity (Wildman–Crippen MR) is 93.0 cm³/mol. The van der Waals surface area contributed by atoms with Crippen molar-refractivity contribution in [2.24, 2.45) is 0 Å². The zero-order valence-electron chi connectivity index (χ0n) is 14.9. The molecule has 1 saturated heterocycles. The molecule has 7 heteroatoms. The lowest BCUT2D eigenvalue weighted by Gasteiger charge is -2.32. The predicted octanol–water partition coefficient (Wildman–Crippen LogP) is 1.82. The van der Waals surface area contributed by atoms with Gasteiger partial charge >= 0.3 is 5.97 Å². The third kappa shape index (κ3) is 4.85. The molecule has 0 saturated carbocycles. The van der Waals surface area contributed by atoms with Gasteiger partial charge in [0.05, 0.1) is 26.8 Å². The number of carboxylic acid groups (broad SMARTS) is 1. The number of ether oxygens (including phenoxy) is 2. The maximum Gasteiger partial charge on any atom is 0.320 e. The fraction of sp³-hybridized carbons (Fsp3) is 0.556. The largest absolute Gasteiger partial charge is 0.497 e. The highest BCUT2D eigenvalue weighted by atomic mass is 16.5. The van der Waals surface area contributed by atoms with Crippen molar-refractivity contribution in [2.75, 3.05) is 27.3 Å². The number of carbonyl (C=O) groups excluding carboxylic acids is 1. The Morgan fingerprint density at radius 2 is 2.08 bits per heavy atom. The molecule has 2 rings (SSSR count). The summed E-state index contributed by atoms with van der Waals surface area (Å²) in [5.41, 5.74) is 0.809. The first kappa shape index (κ1) is 19.1. The van der Waals surface area contributed by atoms with Gasteiger partial charge in [0.1, 0.15) is 17.5 Å². The van der Waals surface area contributed by atoms with Gasteiger partial charge < -0.3 is 19.9 Å². The molecule has 2 unspecified atom stereocenters. The second-order valence-electron chi connectivity index (χ2n) is 6.22. The number of benzene rings is 1. The molecule has 7 nitrogen and oxygen atoms in total. The summed E-state index contributed by atoms with van der Waals surface area (Å²) in [5.74, 6) is 0.273. The van der Waals surface area contributed by atoms with Gasteiger partial charge in [-0.05, 0) is 44.5 Å².